The Morgan fingerprint density at radius 3 is 1.57 bits per heavy atom. The van der Waals surface area contributed by atoms with Crippen LogP contribution in [0.5, 0.6) is 0 Å². The van der Waals surface area contributed by atoms with Gasteiger partial charge in [-0.25, -0.2) is 0 Å². The molecule has 2 fully saturated rings. The van der Waals surface area contributed by atoms with E-state index in [1.165, 1.54) is 76.7 Å². The summed E-state index contributed by atoms with van der Waals surface area (Å²) >= 11 is 0. The molecule has 136 valence electrons. The van der Waals surface area contributed by atoms with Crippen LogP contribution < -0.4 is 0 Å². The predicted molar refractivity (Wildman–Crippen MR) is 107 cm³/mol. The van der Waals surface area contributed by atoms with Crippen molar-refractivity contribution in [2.24, 2.45) is 0 Å². The van der Waals surface area contributed by atoms with Crippen LogP contribution in [0.15, 0.2) is 0 Å². The highest BCUT2D eigenvalue weighted by molar-refractivity contribution is 6.83. The van der Waals surface area contributed by atoms with E-state index in [4.69, 9.17) is 4.12 Å². The summed E-state index contributed by atoms with van der Waals surface area (Å²) in [6.45, 7) is 12.1. The van der Waals surface area contributed by atoms with Gasteiger partial charge in [0.05, 0.1) is 0 Å². The number of nitrogens with zero attached hydrogens (tertiary/aromatic N) is 1. The highest BCUT2D eigenvalue weighted by Gasteiger charge is 2.46. The van der Waals surface area contributed by atoms with Crippen molar-refractivity contribution in [1.29, 1.82) is 0 Å². The Balaban J connectivity index is 2.26. The van der Waals surface area contributed by atoms with Gasteiger partial charge in [0.1, 0.15) is 0 Å². The van der Waals surface area contributed by atoms with Crippen LogP contribution in [0.3, 0.4) is 0 Å². The van der Waals surface area contributed by atoms with E-state index in [2.05, 4.69) is 37.7 Å². The second kappa shape index (κ2) is 8.64. The minimum Gasteiger partial charge on any atom is -0.445 e. The van der Waals surface area contributed by atoms with Crippen LogP contribution in [0.25, 0.3) is 0 Å². The molecule has 0 spiro atoms. The van der Waals surface area contributed by atoms with Gasteiger partial charge in [-0.1, -0.05) is 51.9 Å². The topological polar surface area (TPSA) is 12.5 Å². The Kier molecular flexibility index (Phi) is 7.39. The van der Waals surface area contributed by atoms with E-state index < -0.39 is 16.8 Å². The van der Waals surface area contributed by atoms with Crippen LogP contribution >= 0.6 is 0 Å². The van der Waals surface area contributed by atoms with Crippen molar-refractivity contribution in [3.8, 4) is 0 Å². The number of rotatable bonds is 7. The molecule has 1 atom stereocenters. The summed E-state index contributed by atoms with van der Waals surface area (Å²) in [6.07, 6.45) is 15.7. The van der Waals surface area contributed by atoms with E-state index in [-0.39, 0.29) is 0 Å². The van der Waals surface area contributed by atoms with Crippen molar-refractivity contribution in [2.45, 2.75) is 122 Å². The molecule has 0 aromatic carbocycles. The quantitative estimate of drug-likeness (QED) is 0.498. The molecule has 0 heterocycles. The molecule has 0 radical (unpaired) electrons. The van der Waals surface area contributed by atoms with Gasteiger partial charge in [0.15, 0.2) is 8.32 Å². The zero-order chi connectivity index (χ0) is 16.9. The molecule has 4 heteroatoms. The Bertz CT molecular complexity index is 328. The molecule has 0 aliphatic heterocycles. The van der Waals surface area contributed by atoms with E-state index in [9.17, 15) is 0 Å². The van der Waals surface area contributed by atoms with Gasteiger partial charge >= 0.3 is 0 Å². The number of hydrogen-bond donors (Lipinski definition) is 0. The first kappa shape index (κ1) is 19.7. The van der Waals surface area contributed by atoms with Gasteiger partial charge in [-0.05, 0) is 57.9 Å². The zero-order valence-electron chi connectivity index (χ0n) is 16.5. The minimum atomic E-state index is -1.79. The molecule has 0 bridgehead atoms. The SMILES string of the molecule is CCC[Si](C)(O[Si](C)(C)C)N(C1CCCCC1)C1CCCCC1. The Morgan fingerprint density at radius 2 is 1.22 bits per heavy atom. The van der Waals surface area contributed by atoms with Crippen LogP contribution in [0.2, 0.25) is 32.2 Å². The monoisotopic (exact) mass is 355 g/mol. The number of hydrogen-bond acceptors (Lipinski definition) is 2. The second-order valence-electron chi connectivity index (χ2n) is 9.13. The van der Waals surface area contributed by atoms with E-state index in [0.29, 0.717) is 0 Å². The molecule has 2 nitrogen and oxygen atoms in total. The molecule has 2 rings (SSSR count). The van der Waals surface area contributed by atoms with Crippen molar-refractivity contribution < 1.29 is 4.12 Å². The molecule has 2 aliphatic carbocycles. The van der Waals surface area contributed by atoms with Crippen LogP contribution in [-0.4, -0.2) is 33.4 Å². The van der Waals surface area contributed by atoms with Crippen LogP contribution in [0.4, 0.5) is 0 Å². The van der Waals surface area contributed by atoms with E-state index >= 15 is 0 Å². The van der Waals surface area contributed by atoms with Crippen LogP contribution in [-0.2, 0) is 4.12 Å². The van der Waals surface area contributed by atoms with Crippen LogP contribution in [0.1, 0.15) is 77.6 Å². The zero-order valence-corrected chi connectivity index (χ0v) is 18.5. The third-order valence-electron chi connectivity index (χ3n) is 5.72. The normalized spacial score (nSPS) is 24.8. The molecule has 23 heavy (non-hydrogen) atoms. The average molecular weight is 356 g/mol. The summed E-state index contributed by atoms with van der Waals surface area (Å²) in [6, 6.07) is 2.97. The van der Waals surface area contributed by atoms with Gasteiger partial charge < -0.3 is 4.12 Å². The molecule has 0 saturated heterocycles. The summed E-state index contributed by atoms with van der Waals surface area (Å²) < 4.78 is 10.1. The van der Waals surface area contributed by atoms with Gasteiger partial charge in [-0.15, -0.1) is 0 Å². The maximum atomic E-state index is 7.04. The maximum absolute atomic E-state index is 7.04. The average Bonchev–Trinajstić information content (AvgIpc) is 2.48. The third-order valence-corrected chi connectivity index (χ3v) is 13.2. The minimum absolute atomic E-state index is 0.825. The first-order valence-electron chi connectivity index (χ1n) is 10.3. The van der Waals surface area contributed by atoms with Gasteiger partial charge in [0.2, 0.25) is 0 Å². The molecule has 0 aromatic rings. The van der Waals surface area contributed by atoms with Crippen molar-refractivity contribution in [1.82, 2.24) is 4.57 Å². The lowest BCUT2D eigenvalue weighted by atomic mass is 9.91. The lowest BCUT2D eigenvalue weighted by Crippen LogP contribution is -2.65. The first-order valence-corrected chi connectivity index (χ1v) is 16.3. The van der Waals surface area contributed by atoms with Gasteiger partial charge in [-0.3, -0.25) is 4.57 Å². The van der Waals surface area contributed by atoms with Crippen molar-refractivity contribution >= 4 is 16.8 Å². The van der Waals surface area contributed by atoms with Gasteiger partial charge in [0.25, 0.3) is 8.48 Å². The fraction of sp³-hybridized carbons (Fsp3) is 1.00. The second-order valence-corrected chi connectivity index (χ2v) is 17.5. The largest absolute Gasteiger partial charge is 0.445 e. The summed E-state index contributed by atoms with van der Waals surface area (Å²) in [5.41, 5.74) is 0. The Labute approximate surface area is 147 Å². The summed E-state index contributed by atoms with van der Waals surface area (Å²) in [4.78, 5) is 0. The van der Waals surface area contributed by atoms with Crippen molar-refractivity contribution in [3.63, 3.8) is 0 Å². The Hall–Kier alpha value is 0.354. The highest BCUT2D eigenvalue weighted by atomic mass is 28.4. The molecular formula is C19H41NOSi2. The summed E-state index contributed by atoms with van der Waals surface area (Å²) in [5.74, 6) is 0. The van der Waals surface area contributed by atoms with E-state index in [1.54, 1.807) is 0 Å². The molecule has 2 aliphatic rings. The van der Waals surface area contributed by atoms with Crippen LogP contribution in [0, 0.1) is 0 Å². The molecule has 0 N–H and O–H groups in total. The summed E-state index contributed by atoms with van der Waals surface area (Å²) in [7, 11) is -3.29. The van der Waals surface area contributed by atoms with E-state index in [0.717, 1.165) is 12.1 Å². The molecule has 0 amide bonds. The molecule has 2 saturated carbocycles. The van der Waals surface area contributed by atoms with Gasteiger partial charge in [-0.2, -0.15) is 0 Å². The molecule has 1 unspecified atom stereocenters. The fourth-order valence-electron chi connectivity index (χ4n) is 5.15. The van der Waals surface area contributed by atoms with Crippen molar-refractivity contribution in [2.75, 3.05) is 0 Å². The Morgan fingerprint density at radius 1 is 0.783 bits per heavy atom. The highest BCUT2D eigenvalue weighted by Crippen LogP contribution is 2.37. The van der Waals surface area contributed by atoms with E-state index in [1.807, 2.05) is 0 Å². The smallest absolute Gasteiger partial charge is 0.258 e. The predicted octanol–water partition coefficient (Wildman–Crippen LogP) is 6.29. The first-order chi connectivity index (χ1) is 10.9. The lowest BCUT2D eigenvalue weighted by Gasteiger charge is -2.52. The van der Waals surface area contributed by atoms with Gasteiger partial charge in [0, 0.05) is 12.1 Å². The lowest BCUT2D eigenvalue weighted by molar-refractivity contribution is 0.138. The van der Waals surface area contributed by atoms with Crippen molar-refractivity contribution in [3.05, 3.63) is 0 Å². The molecular weight excluding hydrogens is 314 g/mol. The maximum Gasteiger partial charge on any atom is 0.258 e. The summed E-state index contributed by atoms with van der Waals surface area (Å²) in [5, 5.41) is 0. The standard InChI is InChI=1S/C19H41NOSi2/c1-6-17-23(5,21-22(2,3)4)20(18-13-9-7-10-14-18)19-15-11-8-12-16-19/h18-19H,6-17H2,1-5H3. The molecule has 0 aromatic heterocycles. The third kappa shape index (κ3) is 5.69. The fourth-order valence-corrected chi connectivity index (χ4v) is 14.5.